The Balaban J connectivity index is 2.53. The lowest BCUT2D eigenvalue weighted by Crippen LogP contribution is -2.57. The van der Waals surface area contributed by atoms with Crippen LogP contribution in [0.15, 0.2) is 0 Å². The second-order valence-electron chi connectivity index (χ2n) is 4.05. The molecule has 1 aliphatic rings. The van der Waals surface area contributed by atoms with Gasteiger partial charge in [-0.2, -0.15) is 0 Å². The van der Waals surface area contributed by atoms with Crippen molar-refractivity contribution in [2.75, 3.05) is 19.6 Å². The van der Waals surface area contributed by atoms with Gasteiger partial charge in [-0.15, -0.1) is 0 Å². The maximum Gasteiger partial charge on any atom is 0.234 e. The van der Waals surface area contributed by atoms with E-state index in [1.54, 1.807) is 4.90 Å². The summed E-state index contributed by atoms with van der Waals surface area (Å²) in [4.78, 5) is 23.7. The first-order valence-electron chi connectivity index (χ1n) is 4.79. The zero-order valence-electron chi connectivity index (χ0n) is 8.62. The maximum absolute atomic E-state index is 11.3. The fraction of sp³-hybridized carbons (Fsp3) is 0.778. The lowest BCUT2D eigenvalue weighted by molar-refractivity contribution is -0.127. The number of amides is 2. The minimum Gasteiger partial charge on any atom is -0.369 e. The number of carbonyl (C=O) groups is 2. The Labute approximate surface area is 83.6 Å². The van der Waals surface area contributed by atoms with Crippen LogP contribution in [-0.2, 0) is 9.59 Å². The largest absolute Gasteiger partial charge is 0.369 e. The van der Waals surface area contributed by atoms with Crippen LogP contribution in [0.1, 0.15) is 13.8 Å². The molecule has 0 radical (unpaired) electrons. The Morgan fingerprint density at radius 1 is 1.71 bits per heavy atom. The summed E-state index contributed by atoms with van der Waals surface area (Å²) < 4.78 is 0. The Kier molecular flexibility index (Phi) is 3.46. The van der Waals surface area contributed by atoms with E-state index in [2.05, 4.69) is 5.32 Å². The van der Waals surface area contributed by atoms with E-state index >= 15 is 0 Å². The first-order chi connectivity index (χ1) is 6.49. The highest BCUT2D eigenvalue weighted by Gasteiger charge is 2.26. The molecule has 2 amide bonds. The van der Waals surface area contributed by atoms with E-state index in [9.17, 15) is 9.59 Å². The van der Waals surface area contributed by atoms with Gasteiger partial charge in [-0.3, -0.25) is 14.5 Å². The number of hydrogen-bond acceptors (Lipinski definition) is 3. The van der Waals surface area contributed by atoms with E-state index < -0.39 is 0 Å². The predicted octanol–water partition coefficient (Wildman–Crippen LogP) is -1.07. The van der Waals surface area contributed by atoms with Gasteiger partial charge in [0.25, 0.3) is 0 Å². The number of nitrogens with two attached hydrogens (primary N) is 1. The van der Waals surface area contributed by atoms with Gasteiger partial charge in [0.1, 0.15) is 0 Å². The molecule has 14 heavy (non-hydrogen) atoms. The van der Waals surface area contributed by atoms with Crippen molar-refractivity contribution in [3.05, 3.63) is 0 Å². The molecule has 0 saturated carbocycles. The molecule has 0 aromatic carbocycles. The number of rotatable bonds is 3. The summed E-state index contributed by atoms with van der Waals surface area (Å²) in [6, 6.07) is 0.121. The van der Waals surface area contributed by atoms with Crippen molar-refractivity contribution in [2.45, 2.75) is 19.9 Å². The second kappa shape index (κ2) is 4.41. The normalized spacial score (nSPS) is 23.6. The van der Waals surface area contributed by atoms with Gasteiger partial charge in [-0.05, 0) is 5.92 Å². The Hall–Kier alpha value is -1.10. The summed E-state index contributed by atoms with van der Waals surface area (Å²) in [6.07, 6.45) is 0. The molecular formula is C9H17N3O2. The van der Waals surface area contributed by atoms with Crippen LogP contribution in [0.5, 0.6) is 0 Å². The Bertz CT molecular complexity index is 238. The van der Waals surface area contributed by atoms with Crippen LogP contribution in [-0.4, -0.2) is 42.4 Å². The molecule has 0 bridgehead atoms. The monoisotopic (exact) mass is 199 g/mol. The third-order valence-electron chi connectivity index (χ3n) is 2.35. The fourth-order valence-corrected chi connectivity index (χ4v) is 1.56. The van der Waals surface area contributed by atoms with Crippen molar-refractivity contribution in [1.29, 1.82) is 0 Å². The first-order valence-corrected chi connectivity index (χ1v) is 4.79. The standard InChI is InChI=1S/C9H17N3O2/c1-6(2)7-3-12(4-8(10)13)5-9(14)11-7/h6-7H,3-5H2,1-2H3,(H2,10,13)(H,11,14). The molecule has 1 fully saturated rings. The molecule has 0 aliphatic carbocycles. The van der Waals surface area contributed by atoms with Crippen LogP contribution in [0, 0.1) is 5.92 Å². The van der Waals surface area contributed by atoms with E-state index in [-0.39, 0.29) is 30.9 Å². The van der Waals surface area contributed by atoms with E-state index in [4.69, 9.17) is 5.73 Å². The maximum atomic E-state index is 11.3. The molecule has 0 spiro atoms. The van der Waals surface area contributed by atoms with Gasteiger partial charge >= 0.3 is 0 Å². The highest BCUT2D eigenvalue weighted by atomic mass is 16.2. The van der Waals surface area contributed by atoms with Crippen LogP contribution >= 0.6 is 0 Å². The topological polar surface area (TPSA) is 75.4 Å². The summed E-state index contributed by atoms with van der Waals surface area (Å²) >= 11 is 0. The lowest BCUT2D eigenvalue weighted by atomic mass is 10.0. The highest BCUT2D eigenvalue weighted by molar-refractivity contribution is 5.81. The lowest BCUT2D eigenvalue weighted by Gasteiger charge is -2.34. The molecule has 5 heteroatoms. The van der Waals surface area contributed by atoms with E-state index in [1.807, 2.05) is 13.8 Å². The van der Waals surface area contributed by atoms with Gasteiger partial charge in [0, 0.05) is 12.6 Å². The predicted molar refractivity (Wildman–Crippen MR) is 52.4 cm³/mol. The fourth-order valence-electron chi connectivity index (χ4n) is 1.56. The molecule has 0 aromatic rings. The number of carbonyl (C=O) groups excluding carboxylic acids is 2. The number of nitrogens with zero attached hydrogens (tertiary/aromatic N) is 1. The highest BCUT2D eigenvalue weighted by Crippen LogP contribution is 2.08. The van der Waals surface area contributed by atoms with Crippen molar-refractivity contribution < 1.29 is 9.59 Å². The molecule has 3 N–H and O–H groups in total. The minimum atomic E-state index is -0.387. The Morgan fingerprint density at radius 2 is 2.36 bits per heavy atom. The van der Waals surface area contributed by atoms with Crippen LogP contribution in [0.2, 0.25) is 0 Å². The number of hydrogen-bond donors (Lipinski definition) is 2. The van der Waals surface area contributed by atoms with E-state index in [0.29, 0.717) is 12.5 Å². The zero-order valence-corrected chi connectivity index (χ0v) is 8.62. The molecule has 1 rings (SSSR count). The van der Waals surface area contributed by atoms with Crippen molar-refractivity contribution in [1.82, 2.24) is 10.2 Å². The molecule has 5 nitrogen and oxygen atoms in total. The van der Waals surface area contributed by atoms with Crippen LogP contribution < -0.4 is 11.1 Å². The first kappa shape index (κ1) is 11.0. The van der Waals surface area contributed by atoms with Gasteiger partial charge in [-0.1, -0.05) is 13.8 Å². The van der Waals surface area contributed by atoms with Crippen molar-refractivity contribution in [3.8, 4) is 0 Å². The van der Waals surface area contributed by atoms with Gasteiger partial charge in [-0.25, -0.2) is 0 Å². The third kappa shape index (κ3) is 2.99. The van der Waals surface area contributed by atoms with Crippen molar-refractivity contribution >= 4 is 11.8 Å². The number of primary amides is 1. The van der Waals surface area contributed by atoms with Crippen molar-refractivity contribution in [2.24, 2.45) is 11.7 Å². The average molecular weight is 199 g/mol. The molecular weight excluding hydrogens is 182 g/mol. The van der Waals surface area contributed by atoms with Crippen LogP contribution in [0.25, 0.3) is 0 Å². The second-order valence-corrected chi connectivity index (χ2v) is 4.05. The minimum absolute atomic E-state index is 0.0313. The van der Waals surface area contributed by atoms with Gasteiger partial charge in [0.2, 0.25) is 11.8 Å². The summed E-state index contributed by atoms with van der Waals surface area (Å²) in [5, 5.41) is 2.89. The quantitative estimate of drug-likeness (QED) is 0.607. The SMILES string of the molecule is CC(C)C1CN(CC(N)=O)CC(=O)N1. The third-order valence-corrected chi connectivity index (χ3v) is 2.35. The Morgan fingerprint density at radius 3 is 2.86 bits per heavy atom. The van der Waals surface area contributed by atoms with E-state index in [1.165, 1.54) is 0 Å². The summed E-state index contributed by atoms with van der Waals surface area (Å²) in [7, 11) is 0. The van der Waals surface area contributed by atoms with E-state index in [0.717, 1.165) is 0 Å². The number of piperazine rings is 1. The average Bonchev–Trinajstić information content (AvgIpc) is 2.01. The molecule has 0 aromatic heterocycles. The van der Waals surface area contributed by atoms with Crippen LogP contribution in [0.4, 0.5) is 0 Å². The van der Waals surface area contributed by atoms with Crippen LogP contribution in [0.3, 0.4) is 0 Å². The van der Waals surface area contributed by atoms with Gasteiger partial charge < -0.3 is 11.1 Å². The van der Waals surface area contributed by atoms with Crippen molar-refractivity contribution in [3.63, 3.8) is 0 Å². The summed E-state index contributed by atoms with van der Waals surface area (Å²) in [6.45, 7) is 5.21. The summed E-state index contributed by atoms with van der Waals surface area (Å²) in [5.41, 5.74) is 5.08. The van der Waals surface area contributed by atoms with Gasteiger partial charge in [0.05, 0.1) is 13.1 Å². The zero-order chi connectivity index (χ0) is 10.7. The molecule has 80 valence electrons. The molecule has 1 atom stereocenters. The molecule has 1 aliphatic heterocycles. The summed E-state index contributed by atoms with van der Waals surface area (Å²) in [5.74, 6) is -0.0481. The molecule has 1 heterocycles. The van der Waals surface area contributed by atoms with Gasteiger partial charge in [0.15, 0.2) is 0 Å². The molecule has 1 saturated heterocycles. The number of nitrogens with one attached hydrogen (secondary N) is 1. The molecule has 1 unspecified atom stereocenters. The smallest absolute Gasteiger partial charge is 0.234 e.